The molecule has 2 atom stereocenters. The first-order chi connectivity index (χ1) is 9.41. The third-order valence-electron chi connectivity index (χ3n) is 4.14. The van der Waals surface area contributed by atoms with E-state index in [0.29, 0.717) is 29.7 Å². The van der Waals surface area contributed by atoms with Crippen molar-refractivity contribution in [3.63, 3.8) is 0 Å². The maximum absolute atomic E-state index is 12.6. The number of amides is 1. The van der Waals surface area contributed by atoms with Crippen LogP contribution < -0.4 is 11.1 Å². The Bertz CT molecular complexity index is 687. The van der Waals surface area contributed by atoms with Gasteiger partial charge in [0.25, 0.3) is 11.7 Å². The number of halogens is 2. The Labute approximate surface area is 131 Å². The van der Waals surface area contributed by atoms with E-state index < -0.39 is 11.5 Å². The van der Waals surface area contributed by atoms with Gasteiger partial charge in [0, 0.05) is 13.0 Å². The molecule has 20 heavy (non-hydrogen) atoms. The average Bonchev–Trinajstić information content (AvgIpc) is 2.90. The monoisotopic (exact) mass is 403 g/mol. The van der Waals surface area contributed by atoms with Crippen LogP contribution in [0.15, 0.2) is 20.1 Å². The number of piperidine rings is 1. The zero-order valence-corrected chi connectivity index (χ0v) is 13.4. The zero-order valence-electron chi connectivity index (χ0n) is 10.2. The Balaban J connectivity index is 2.08. The normalized spacial score (nSPS) is 34.5. The number of hydrogen-bond acceptors (Lipinski definition) is 5. The molecule has 0 radical (unpaired) electrons. The predicted molar refractivity (Wildman–Crippen MR) is 77.8 cm³/mol. The molecule has 1 spiro atoms. The lowest BCUT2D eigenvalue weighted by Gasteiger charge is -2.47. The van der Waals surface area contributed by atoms with Gasteiger partial charge in [-0.05, 0) is 44.3 Å². The van der Waals surface area contributed by atoms with Crippen molar-refractivity contribution in [1.82, 2.24) is 14.8 Å². The summed E-state index contributed by atoms with van der Waals surface area (Å²) in [6.07, 6.45) is 1.14. The number of nitrogens with two attached hydrogens (primary N) is 1. The van der Waals surface area contributed by atoms with Crippen molar-refractivity contribution in [3.05, 3.63) is 20.8 Å². The lowest BCUT2D eigenvalue weighted by atomic mass is 9.94. The SMILES string of the molecule is NC1=N[C@@]23N(CCC[C@@]2(O)N1)C(=O)c1cc(Br)c(Br)n13. The van der Waals surface area contributed by atoms with Gasteiger partial charge in [-0.3, -0.25) is 14.3 Å². The van der Waals surface area contributed by atoms with E-state index in [1.165, 1.54) is 0 Å². The van der Waals surface area contributed by atoms with E-state index in [1.54, 1.807) is 15.5 Å². The highest BCUT2D eigenvalue weighted by Crippen LogP contribution is 2.51. The molecule has 1 amide bonds. The fraction of sp³-hybridized carbons (Fsp3) is 0.455. The molecule has 9 heteroatoms. The molecular weight excluding hydrogens is 394 g/mol. The maximum atomic E-state index is 12.6. The minimum atomic E-state index is -1.39. The highest BCUT2D eigenvalue weighted by atomic mass is 79.9. The van der Waals surface area contributed by atoms with Crippen LogP contribution in [0.1, 0.15) is 23.3 Å². The van der Waals surface area contributed by atoms with Crippen LogP contribution in [-0.2, 0) is 5.79 Å². The molecule has 3 aliphatic heterocycles. The largest absolute Gasteiger partial charge is 0.370 e. The number of nitrogens with zero attached hydrogens (tertiary/aromatic N) is 3. The number of fused-ring (bicyclic) bond motifs is 1. The minimum absolute atomic E-state index is 0.136. The molecule has 3 aliphatic rings. The Morgan fingerprint density at radius 2 is 2.25 bits per heavy atom. The molecule has 0 bridgehead atoms. The lowest BCUT2D eigenvalue weighted by molar-refractivity contribution is -0.157. The Morgan fingerprint density at radius 1 is 1.50 bits per heavy atom. The van der Waals surface area contributed by atoms with Crippen molar-refractivity contribution < 1.29 is 9.90 Å². The smallest absolute Gasteiger partial charge is 0.274 e. The molecule has 4 rings (SSSR count). The Kier molecular flexibility index (Phi) is 2.26. The van der Waals surface area contributed by atoms with Crippen molar-refractivity contribution in [1.29, 1.82) is 0 Å². The molecule has 0 unspecified atom stereocenters. The van der Waals surface area contributed by atoms with E-state index in [9.17, 15) is 9.90 Å². The molecule has 0 aromatic carbocycles. The van der Waals surface area contributed by atoms with Gasteiger partial charge in [-0.25, -0.2) is 0 Å². The summed E-state index contributed by atoms with van der Waals surface area (Å²) in [5, 5.41) is 13.8. The first-order valence-corrected chi connectivity index (χ1v) is 7.74. The first kappa shape index (κ1) is 12.7. The molecule has 1 aromatic heterocycles. The van der Waals surface area contributed by atoms with Gasteiger partial charge in [0.05, 0.1) is 4.47 Å². The molecule has 1 aromatic rings. The standard InChI is InChI=1S/C11H11Br2N5O2/c12-5-4-6-8(19)17-3-1-2-10(20)11(17,16-9(14)15-10)18(6)7(5)13/h4,20H,1-3H2,(H3,14,15,16)/t10-,11+/m0/s1. The summed E-state index contributed by atoms with van der Waals surface area (Å²) >= 11 is 6.85. The molecule has 1 saturated heterocycles. The van der Waals surface area contributed by atoms with Crippen molar-refractivity contribution >= 4 is 43.7 Å². The fourth-order valence-electron chi connectivity index (χ4n) is 3.40. The van der Waals surface area contributed by atoms with Crippen molar-refractivity contribution in [3.8, 4) is 0 Å². The fourth-order valence-corrected chi connectivity index (χ4v) is 4.35. The Hall–Kier alpha value is -1.06. The van der Waals surface area contributed by atoms with Gasteiger partial charge < -0.3 is 16.2 Å². The summed E-state index contributed by atoms with van der Waals surface area (Å²) in [5.41, 5.74) is 4.88. The minimum Gasteiger partial charge on any atom is -0.370 e. The van der Waals surface area contributed by atoms with Crippen LogP contribution in [0.3, 0.4) is 0 Å². The van der Waals surface area contributed by atoms with Crippen LogP contribution in [0.4, 0.5) is 0 Å². The summed E-state index contributed by atoms with van der Waals surface area (Å²) in [6, 6.07) is 1.73. The van der Waals surface area contributed by atoms with E-state index in [4.69, 9.17) is 5.73 Å². The quantitative estimate of drug-likeness (QED) is 0.586. The second-order valence-electron chi connectivity index (χ2n) is 5.18. The van der Waals surface area contributed by atoms with Gasteiger partial charge >= 0.3 is 0 Å². The second-order valence-corrected chi connectivity index (χ2v) is 6.79. The number of aliphatic imine (C=N–C) groups is 1. The molecular formula is C11H11Br2N5O2. The van der Waals surface area contributed by atoms with Gasteiger partial charge in [0.2, 0.25) is 5.72 Å². The molecule has 7 nitrogen and oxygen atoms in total. The van der Waals surface area contributed by atoms with Crippen molar-refractivity contribution in [2.75, 3.05) is 6.54 Å². The number of hydrogen-bond donors (Lipinski definition) is 3. The third-order valence-corrected chi connectivity index (χ3v) is 6.05. The summed E-state index contributed by atoms with van der Waals surface area (Å²) in [6.45, 7) is 0.533. The van der Waals surface area contributed by atoms with E-state index in [1.807, 2.05) is 0 Å². The maximum Gasteiger partial charge on any atom is 0.274 e. The highest BCUT2D eigenvalue weighted by Gasteiger charge is 2.68. The number of carbonyl (C=O) groups is 1. The average molecular weight is 405 g/mol. The summed E-state index contributed by atoms with van der Waals surface area (Å²) in [7, 11) is 0. The van der Waals surface area contributed by atoms with Crippen LogP contribution in [0.2, 0.25) is 0 Å². The van der Waals surface area contributed by atoms with E-state index >= 15 is 0 Å². The van der Waals surface area contributed by atoms with Crippen LogP contribution in [0, 0.1) is 0 Å². The Morgan fingerprint density at radius 3 is 3.00 bits per heavy atom. The number of carbonyl (C=O) groups excluding carboxylic acids is 1. The van der Waals surface area contributed by atoms with Crippen LogP contribution in [-0.4, -0.2) is 38.7 Å². The number of rotatable bonds is 0. The molecule has 4 heterocycles. The topological polar surface area (TPSA) is 95.9 Å². The predicted octanol–water partition coefficient (Wildman–Crippen LogP) is 0.479. The van der Waals surface area contributed by atoms with Gasteiger partial charge in [0.1, 0.15) is 10.3 Å². The van der Waals surface area contributed by atoms with Gasteiger partial charge in [0.15, 0.2) is 5.96 Å². The van der Waals surface area contributed by atoms with Crippen LogP contribution >= 0.6 is 31.9 Å². The molecule has 0 aliphatic carbocycles. The third kappa shape index (κ3) is 1.16. The zero-order chi connectivity index (χ0) is 14.3. The molecule has 106 valence electrons. The number of nitrogens with one attached hydrogen (secondary N) is 1. The van der Waals surface area contributed by atoms with Gasteiger partial charge in [-0.1, -0.05) is 0 Å². The lowest BCUT2D eigenvalue weighted by Crippen LogP contribution is -2.67. The molecule has 0 saturated carbocycles. The number of aliphatic hydroxyl groups is 1. The van der Waals surface area contributed by atoms with E-state index in [0.717, 1.165) is 4.47 Å². The second kappa shape index (κ2) is 3.58. The summed E-state index contributed by atoms with van der Waals surface area (Å²) in [5.74, 6) is -1.27. The highest BCUT2D eigenvalue weighted by molar-refractivity contribution is 9.13. The molecule has 1 fully saturated rings. The molecule has 4 N–H and O–H groups in total. The van der Waals surface area contributed by atoms with Gasteiger partial charge in [-0.15, -0.1) is 0 Å². The van der Waals surface area contributed by atoms with Crippen LogP contribution in [0.25, 0.3) is 0 Å². The number of aromatic nitrogens is 1. The van der Waals surface area contributed by atoms with Crippen LogP contribution in [0.5, 0.6) is 0 Å². The summed E-state index contributed by atoms with van der Waals surface area (Å²) < 4.78 is 3.10. The number of guanidine groups is 1. The van der Waals surface area contributed by atoms with Crippen molar-refractivity contribution in [2.24, 2.45) is 10.7 Å². The van der Waals surface area contributed by atoms with E-state index in [-0.39, 0.29) is 11.9 Å². The van der Waals surface area contributed by atoms with Crippen molar-refractivity contribution in [2.45, 2.75) is 24.4 Å². The van der Waals surface area contributed by atoms with Gasteiger partial charge in [-0.2, -0.15) is 4.99 Å². The summed E-state index contributed by atoms with van der Waals surface area (Å²) in [4.78, 5) is 18.6. The first-order valence-electron chi connectivity index (χ1n) is 6.16. The van der Waals surface area contributed by atoms with E-state index in [2.05, 4.69) is 42.2 Å².